The van der Waals surface area contributed by atoms with Crippen LogP contribution in [0.1, 0.15) is 5.56 Å². The Kier molecular flexibility index (Phi) is 3.37. The maximum atomic E-state index is 4.94. The van der Waals surface area contributed by atoms with E-state index in [4.69, 9.17) is 17.0 Å². The summed E-state index contributed by atoms with van der Waals surface area (Å²) in [5, 5.41) is 5.96. The number of thiocarbonyl (C=S) groups is 1. The van der Waals surface area contributed by atoms with Gasteiger partial charge in [-0.05, 0) is 28.6 Å². The van der Waals surface area contributed by atoms with E-state index in [1.54, 1.807) is 7.11 Å². The summed E-state index contributed by atoms with van der Waals surface area (Å²) >= 11 is 4.94. The van der Waals surface area contributed by atoms with Gasteiger partial charge in [0.05, 0.1) is 7.11 Å². The number of nitrogens with one attached hydrogen (secondary N) is 1. The summed E-state index contributed by atoms with van der Waals surface area (Å²) in [5.41, 5.74) is 1.22. The molecule has 3 heteroatoms. The Morgan fingerprint density at radius 2 is 1.94 bits per heavy atom. The Balaban J connectivity index is 2.27. The molecule has 0 amide bonds. The van der Waals surface area contributed by atoms with E-state index in [2.05, 4.69) is 35.6 Å². The molecule has 2 nitrogen and oxygen atoms in total. The van der Waals surface area contributed by atoms with Gasteiger partial charge in [0.15, 0.2) is 0 Å². The summed E-state index contributed by atoms with van der Waals surface area (Å²) in [6.45, 7) is 0.689. The molecule has 0 unspecified atom stereocenters. The van der Waals surface area contributed by atoms with Gasteiger partial charge >= 0.3 is 0 Å². The Morgan fingerprint density at radius 3 is 2.75 bits per heavy atom. The molecule has 0 fully saturated rings. The van der Waals surface area contributed by atoms with E-state index in [-0.39, 0.29) is 0 Å². The molecule has 0 aliphatic heterocycles. The highest BCUT2D eigenvalue weighted by atomic mass is 32.1. The molecule has 0 saturated heterocycles. The monoisotopic (exact) mass is 231 g/mol. The van der Waals surface area contributed by atoms with Gasteiger partial charge in [-0.15, -0.1) is 0 Å². The number of fused-ring (bicyclic) bond motifs is 1. The lowest BCUT2D eigenvalue weighted by molar-refractivity contribution is 0.392. The molecule has 0 aliphatic rings. The molecule has 2 aromatic carbocycles. The zero-order valence-electron chi connectivity index (χ0n) is 9.07. The van der Waals surface area contributed by atoms with Crippen LogP contribution >= 0.6 is 12.2 Å². The van der Waals surface area contributed by atoms with Gasteiger partial charge in [-0.3, -0.25) is 0 Å². The minimum absolute atomic E-state index is 0.424. The number of benzene rings is 2. The van der Waals surface area contributed by atoms with Crippen molar-refractivity contribution in [2.24, 2.45) is 0 Å². The van der Waals surface area contributed by atoms with Gasteiger partial charge in [0.1, 0.15) is 0 Å². The molecule has 2 aromatic rings. The van der Waals surface area contributed by atoms with Gasteiger partial charge in [0.25, 0.3) is 5.17 Å². The second kappa shape index (κ2) is 4.94. The van der Waals surface area contributed by atoms with Crippen LogP contribution in [0.3, 0.4) is 0 Å². The normalized spacial score (nSPS) is 10.1. The van der Waals surface area contributed by atoms with E-state index in [0.717, 1.165) is 0 Å². The average Bonchev–Trinajstić information content (AvgIpc) is 2.35. The molecule has 0 spiro atoms. The summed E-state index contributed by atoms with van der Waals surface area (Å²) in [7, 11) is 1.57. The largest absolute Gasteiger partial charge is 0.474 e. The van der Waals surface area contributed by atoms with Crippen LogP contribution in [0, 0.1) is 0 Å². The van der Waals surface area contributed by atoms with Crippen molar-refractivity contribution in [2.75, 3.05) is 7.11 Å². The minimum atomic E-state index is 0.424. The Bertz CT molecular complexity index is 505. The summed E-state index contributed by atoms with van der Waals surface area (Å²) in [5.74, 6) is 0. The molecule has 16 heavy (non-hydrogen) atoms. The molecular formula is C13H13NOS. The highest BCUT2D eigenvalue weighted by Crippen LogP contribution is 2.18. The zero-order chi connectivity index (χ0) is 11.4. The van der Waals surface area contributed by atoms with Crippen molar-refractivity contribution in [1.29, 1.82) is 0 Å². The predicted molar refractivity (Wildman–Crippen MR) is 70.4 cm³/mol. The third-order valence-corrected chi connectivity index (χ3v) is 2.80. The molecular weight excluding hydrogens is 218 g/mol. The SMILES string of the molecule is COC(=S)NCc1cccc2ccccc12. The second-order valence-corrected chi connectivity index (χ2v) is 3.85. The van der Waals surface area contributed by atoms with Crippen LogP contribution < -0.4 is 5.32 Å². The van der Waals surface area contributed by atoms with Crippen molar-refractivity contribution < 1.29 is 4.74 Å². The number of ether oxygens (including phenoxy) is 1. The molecule has 0 bridgehead atoms. The second-order valence-electron chi connectivity index (χ2n) is 3.48. The van der Waals surface area contributed by atoms with Crippen LogP contribution in [-0.4, -0.2) is 12.3 Å². The summed E-state index contributed by atoms with van der Waals surface area (Å²) in [4.78, 5) is 0. The smallest absolute Gasteiger partial charge is 0.256 e. The third-order valence-electron chi connectivity index (χ3n) is 2.49. The van der Waals surface area contributed by atoms with Crippen molar-refractivity contribution >= 4 is 28.2 Å². The quantitative estimate of drug-likeness (QED) is 0.803. The fraction of sp³-hybridized carbons (Fsp3) is 0.154. The summed E-state index contributed by atoms with van der Waals surface area (Å²) in [6, 6.07) is 14.5. The first-order valence-corrected chi connectivity index (χ1v) is 5.50. The highest BCUT2D eigenvalue weighted by molar-refractivity contribution is 7.80. The fourth-order valence-electron chi connectivity index (χ4n) is 1.69. The molecule has 0 aliphatic carbocycles. The van der Waals surface area contributed by atoms with Gasteiger partial charge in [-0.1, -0.05) is 42.5 Å². The van der Waals surface area contributed by atoms with Crippen molar-refractivity contribution in [3.05, 3.63) is 48.0 Å². The molecule has 1 N–H and O–H groups in total. The number of methoxy groups -OCH3 is 1. The van der Waals surface area contributed by atoms with Gasteiger partial charge in [-0.2, -0.15) is 0 Å². The standard InChI is InChI=1S/C13H13NOS/c1-15-13(16)14-9-11-7-4-6-10-5-2-3-8-12(10)11/h2-8H,9H2,1H3,(H,14,16). The maximum absolute atomic E-state index is 4.94. The van der Waals surface area contributed by atoms with E-state index >= 15 is 0 Å². The average molecular weight is 231 g/mol. The fourth-order valence-corrected chi connectivity index (χ4v) is 1.76. The molecule has 0 aromatic heterocycles. The number of hydrogen-bond acceptors (Lipinski definition) is 2. The van der Waals surface area contributed by atoms with Crippen molar-refractivity contribution in [1.82, 2.24) is 5.32 Å². The molecule has 0 radical (unpaired) electrons. The van der Waals surface area contributed by atoms with Crippen LogP contribution in [0.4, 0.5) is 0 Å². The van der Waals surface area contributed by atoms with Crippen LogP contribution in [0.25, 0.3) is 10.8 Å². The van der Waals surface area contributed by atoms with E-state index in [1.807, 2.05) is 12.1 Å². The lowest BCUT2D eigenvalue weighted by Gasteiger charge is -2.08. The Labute approximate surface area is 100 Å². The first-order valence-electron chi connectivity index (χ1n) is 5.09. The molecule has 0 atom stereocenters. The maximum Gasteiger partial charge on any atom is 0.256 e. The first-order chi connectivity index (χ1) is 7.81. The molecule has 0 heterocycles. The molecule has 0 saturated carbocycles. The zero-order valence-corrected chi connectivity index (χ0v) is 9.88. The topological polar surface area (TPSA) is 21.3 Å². The summed E-state index contributed by atoms with van der Waals surface area (Å²) < 4.78 is 4.90. The van der Waals surface area contributed by atoms with E-state index in [9.17, 15) is 0 Å². The third kappa shape index (κ3) is 2.31. The predicted octanol–water partition coefficient (Wildman–Crippen LogP) is 2.86. The lowest BCUT2D eigenvalue weighted by Crippen LogP contribution is -2.22. The lowest BCUT2D eigenvalue weighted by atomic mass is 10.0. The molecule has 82 valence electrons. The van der Waals surface area contributed by atoms with E-state index < -0.39 is 0 Å². The van der Waals surface area contributed by atoms with Crippen molar-refractivity contribution in [2.45, 2.75) is 6.54 Å². The van der Waals surface area contributed by atoms with Crippen molar-refractivity contribution in [3.8, 4) is 0 Å². The number of rotatable bonds is 2. The van der Waals surface area contributed by atoms with Gasteiger partial charge in [0, 0.05) is 6.54 Å². The van der Waals surface area contributed by atoms with Gasteiger partial charge < -0.3 is 10.1 Å². The van der Waals surface area contributed by atoms with Gasteiger partial charge in [0.2, 0.25) is 0 Å². The molecule has 2 rings (SSSR count). The Hall–Kier alpha value is -1.61. The minimum Gasteiger partial charge on any atom is -0.474 e. The first kappa shape index (κ1) is 10.9. The van der Waals surface area contributed by atoms with Crippen LogP contribution in [0.15, 0.2) is 42.5 Å². The van der Waals surface area contributed by atoms with Crippen LogP contribution in [0.5, 0.6) is 0 Å². The number of hydrogen-bond donors (Lipinski definition) is 1. The highest BCUT2D eigenvalue weighted by Gasteiger charge is 2.00. The van der Waals surface area contributed by atoms with Crippen LogP contribution in [0.2, 0.25) is 0 Å². The van der Waals surface area contributed by atoms with Gasteiger partial charge in [-0.25, -0.2) is 0 Å². The van der Waals surface area contributed by atoms with E-state index in [0.29, 0.717) is 11.7 Å². The summed E-state index contributed by atoms with van der Waals surface area (Å²) in [6.07, 6.45) is 0. The van der Waals surface area contributed by atoms with Crippen LogP contribution in [-0.2, 0) is 11.3 Å². The van der Waals surface area contributed by atoms with Crippen molar-refractivity contribution in [3.63, 3.8) is 0 Å². The van der Waals surface area contributed by atoms with E-state index in [1.165, 1.54) is 16.3 Å². The Morgan fingerprint density at radius 1 is 1.19 bits per heavy atom.